The summed E-state index contributed by atoms with van der Waals surface area (Å²) >= 11 is 0. The molecule has 6 rings (SSSR count). The number of fused-ring (bicyclic) bond motifs is 2. The summed E-state index contributed by atoms with van der Waals surface area (Å²) in [6.45, 7) is 4.60. The summed E-state index contributed by atoms with van der Waals surface area (Å²) in [5, 5.41) is 4.86. The van der Waals surface area contributed by atoms with E-state index in [1.165, 1.54) is 39.6 Å². The number of hydrogen-bond donors (Lipinski definition) is 2. The molecule has 3 aromatic rings. The summed E-state index contributed by atoms with van der Waals surface area (Å²) in [5.41, 5.74) is 8.00. The maximum absolute atomic E-state index is 13.1. The van der Waals surface area contributed by atoms with Crippen LogP contribution in [0.1, 0.15) is 54.0 Å². The number of rotatable bonds is 4. The number of nitrogens with zero attached hydrogens (tertiary/aromatic N) is 2. The highest BCUT2D eigenvalue weighted by Gasteiger charge is 2.52. The molecular formula is C26H30N4O2. The van der Waals surface area contributed by atoms with E-state index < -0.39 is 5.60 Å². The first kappa shape index (κ1) is 19.9. The molecule has 32 heavy (non-hydrogen) atoms. The molecule has 1 aliphatic carbocycles. The lowest BCUT2D eigenvalue weighted by Crippen LogP contribution is -2.44. The SMILES string of the molecule is COC1(C(=O)N2CCc3cc(-c4cnc5[nH]cc(C)c5c4)cc([C@@H]4CCCN4)c3C2)CC1. The summed E-state index contributed by atoms with van der Waals surface area (Å²) < 4.78 is 5.58. The monoisotopic (exact) mass is 430 g/mol. The Morgan fingerprint density at radius 1 is 1.25 bits per heavy atom. The summed E-state index contributed by atoms with van der Waals surface area (Å²) in [7, 11) is 1.67. The number of hydrogen-bond acceptors (Lipinski definition) is 4. The van der Waals surface area contributed by atoms with E-state index in [-0.39, 0.29) is 5.91 Å². The quantitative estimate of drug-likeness (QED) is 0.656. The van der Waals surface area contributed by atoms with Crippen molar-refractivity contribution in [3.8, 4) is 11.1 Å². The number of nitrogens with one attached hydrogen (secondary N) is 2. The Morgan fingerprint density at radius 2 is 2.12 bits per heavy atom. The largest absolute Gasteiger partial charge is 0.368 e. The fourth-order valence-electron chi connectivity index (χ4n) is 5.50. The van der Waals surface area contributed by atoms with Gasteiger partial charge in [0.2, 0.25) is 0 Å². The van der Waals surface area contributed by atoms with Crippen LogP contribution in [0.25, 0.3) is 22.2 Å². The summed E-state index contributed by atoms with van der Waals surface area (Å²) in [6, 6.07) is 7.25. The van der Waals surface area contributed by atoms with Crippen LogP contribution < -0.4 is 5.32 Å². The third kappa shape index (κ3) is 3.16. The van der Waals surface area contributed by atoms with Crippen LogP contribution in [-0.4, -0.2) is 46.6 Å². The molecule has 6 heteroatoms. The van der Waals surface area contributed by atoms with Gasteiger partial charge in [-0.05, 0) is 85.5 Å². The molecule has 0 unspecified atom stereocenters. The molecule has 2 aromatic heterocycles. The number of pyridine rings is 1. The van der Waals surface area contributed by atoms with Gasteiger partial charge in [-0.15, -0.1) is 0 Å². The van der Waals surface area contributed by atoms with Crippen LogP contribution in [0.15, 0.2) is 30.6 Å². The van der Waals surface area contributed by atoms with Crippen molar-refractivity contribution in [1.82, 2.24) is 20.2 Å². The number of aryl methyl sites for hydroxylation is 1. The second-order valence-electron chi connectivity index (χ2n) is 9.62. The predicted octanol–water partition coefficient (Wildman–Crippen LogP) is 4.03. The number of aromatic amines is 1. The molecule has 2 N–H and O–H groups in total. The Labute approximate surface area is 188 Å². The van der Waals surface area contributed by atoms with Gasteiger partial charge in [-0.1, -0.05) is 6.07 Å². The first-order chi connectivity index (χ1) is 15.6. The summed E-state index contributed by atoms with van der Waals surface area (Å²) in [6.07, 6.45) is 8.88. The first-order valence-corrected chi connectivity index (χ1v) is 11.8. The minimum atomic E-state index is -0.557. The molecular weight excluding hydrogens is 400 g/mol. The average Bonchev–Trinajstić information content (AvgIpc) is 3.26. The fourth-order valence-corrected chi connectivity index (χ4v) is 5.50. The molecule has 6 nitrogen and oxygen atoms in total. The zero-order valence-corrected chi connectivity index (χ0v) is 18.8. The van der Waals surface area contributed by atoms with Crippen molar-refractivity contribution in [1.29, 1.82) is 0 Å². The second kappa shape index (κ2) is 7.42. The van der Waals surface area contributed by atoms with Gasteiger partial charge in [-0.3, -0.25) is 4.79 Å². The Balaban J connectivity index is 1.41. The topological polar surface area (TPSA) is 70.2 Å². The lowest BCUT2D eigenvalue weighted by Gasteiger charge is -2.34. The van der Waals surface area contributed by atoms with Gasteiger partial charge in [0.25, 0.3) is 5.91 Å². The highest BCUT2D eigenvalue weighted by atomic mass is 16.5. The zero-order valence-electron chi connectivity index (χ0n) is 18.8. The molecule has 0 spiro atoms. The molecule has 2 aliphatic heterocycles. The Hall–Kier alpha value is -2.70. The van der Waals surface area contributed by atoms with Crippen molar-refractivity contribution in [3.05, 3.63) is 52.8 Å². The molecule has 166 valence electrons. The average molecular weight is 431 g/mol. The zero-order chi connectivity index (χ0) is 21.9. The summed E-state index contributed by atoms with van der Waals surface area (Å²) in [4.78, 5) is 23.1. The highest BCUT2D eigenvalue weighted by Crippen LogP contribution is 2.42. The molecule has 0 radical (unpaired) electrons. The first-order valence-electron chi connectivity index (χ1n) is 11.8. The maximum atomic E-state index is 13.1. The van der Waals surface area contributed by atoms with Gasteiger partial charge in [0.05, 0.1) is 0 Å². The molecule has 4 heterocycles. The van der Waals surface area contributed by atoms with Crippen LogP contribution in [0.4, 0.5) is 0 Å². The molecule has 1 saturated carbocycles. The van der Waals surface area contributed by atoms with Crippen LogP contribution in [0.5, 0.6) is 0 Å². The van der Waals surface area contributed by atoms with E-state index in [1.807, 2.05) is 17.3 Å². The fraction of sp³-hybridized carbons (Fsp3) is 0.462. The molecule has 2 fully saturated rings. The van der Waals surface area contributed by atoms with Crippen LogP contribution in [-0.2, 0) is 22.5 Å². The third-order valence-electron chi connectivity index (χ3n) is 7.66. The van der Waals surface area contributed by atoms with Gasteiger partial charge >= 0.3 is 0 Å². The lowest BCUT2D eigenvalue weighted by molar-refractivity contribution is -0.145. The van der Waals surface area contributed by atoms with Crippen LogP contribution in [0.2, 0.25) is 0 Å². The molecule has 1 aromatic carbocycles. The molecule has 1 atom stereocenters. The highest BCUT2D eigenvalue weighted by molar-refractivity contribution is 5.88. The molecule has 0 bridgehead atoms. The number of ether oxygens (including phenoxy) is 1. The molecule has 1 saturated heterocycles. The van der Waals surface area contributed by atoms with E-state index in [0.717, 1.165) is 50.0 Å². The Bertz CT molecular complexity index is 1200. The van der Waals surface area contributed by atoms with E-state index in [9.17, 15) is 4.79 Å². The van der Waals surface area contributed by atoms with Crippen molar-refractivity contribution in [2.45, 2.75) is 57.2 Å². The van der Waals surface area contributed by atoms with E-state index in [0.29, 0.717) is 12.6 Å². The number of aromatic nitrogens is 2. The van der Waals surface area contributed by atoms with E-state index in [2.05, 4.69) is 40.4 Å². The second-order valence-corrected chi connectivity index (χ2v) is 9.62. The number of amides is 1. The Kier molecular flexibility index (Phi) is 4.63. The van der Waals surface area contributed by atoms with Gasteiger partial charge in [-0.2, -0.15) is 0 Å². The van der Waals surface area contributed by atoms with Crippen LogP contribution >= 0.6 is 0 Å². The number of benzene rings is 1. The predicted molar refractivity (Wildman–Crippen MR) is 124 cm³/mol. The van der Waals surface area contributed by atoms with Gasteiger partial charge in [0.15, 0.2) is 0 Å². The van der Waals surface area contributed by atoms with E-state index >= 15 is 0 Å². The van der Waals surface area contributed by atoms with Crippen molar-refractivity contribution in [2.24, 2.45) is 0 Å². The van der Waals surface area contributed by atoms with Crippen LogP contribution in [0, 0.1) is 6.92 Å². The number of H-pyrrole nitrogens is 1. The van der Waals surface area contributed by atoms with Gasteiger partial charge in [0.1, 0.15) is 11.2 Å². The molecule has 3 aliphatic rings. The van der Waals surface area contributed by atoms with E-state index in [1.54, 1.807) is 7.11 Å². The standard InChI is InChI=1S/C26H30N4O2/c1-16-13-28-24-20(16)12-19(14-29-24)18-10-17-5-9-30(25(31)26(32-2)6-7-26)15-22(17)21(11-18)23-4-3-8-27-23/h10-14,23,27H,3-9,15H2,1-2H3,(H,28,29)/t23-/m0/s1. The van der Waals surface area contributed by atoms with Crippen molar-refractivity contribution in [2.75, 3.05) is 20.2 Å². The van der Waals surface area contributed by atoms with E-state index in [4.69, 9.17) is 4.74 Å². The third-order valence-corrected chi connectivity index (χ3v) is 7.66. The van der Waals surface area contributed by atoms with Crippen LogP contribution in [0.3, 0.4) is 0 Å². The number of carbonyl (C=O) groups excluding carboxylic acids is 1. The smallest absolute Gasteiger partial charge is 0.255 e. The number of carbonyl (C=O) groups is 1. The minimum absolute atomic E-state index is 0.164. The molecule has 1 amide bonds. The van der Waals surface area contributed by atoms with Gasteiger partial charge in [0, 0.05) is 49.6 Å². The van der Waals surface area contributed by atoms with Crippen molar-refractivity contribution in [3.63, 3.8) is 0 Å². The Morgan fingerprint density at radius 3 is 2.88 bits per heavy atom. The lowest BCUT2D eigenvalue weighted by atomic mass is 9.87. The van der Waals surface area contributed by atoms with Gasteiger partial charge < -0.3 is 19.9 Å². The van der Waals surface area contributed by atoms with Crippen molar-refractivity contribution >= 4 is 16.9 Å². The maximum Gasteiger partial charge on any atom is 0.255 e. The van der Waals surface area contributed by atoms with Crippen molar-refractivity contribution < 1.29 is 9.53 Å². The summed E-state index contributed by atoms with van der Waals surface area (Å²) in [5.74, 6) is 0.164. The minimum Gasteiger partial charge on any atom is -0.368 e. The number of methoxy groups -OCH3 is 1. The normalized spacial score (nSPS) is 21.7. The van der Waals surface area contributed by atoms with Gasteiger partial charge in [-0.25, -0.2) is 4.98 Å².